The lowest BCUT2D eigenvalue weighted by Crippen LogP contribution is -2.14. The summed E-state index contributed by atoms with van der Waals surface area (Å²) in [7, 11) is 0. The van der Waals surface area contributed by atoms with Gasteiger partial charge in [0.25, 0.3) is 0 Å². The van der Waals surface area contributed by atoms with E-state index in [0.29, 0.717) is 32.8 Å². The van der Waals surface area contributed by atoms with Gasteiger partial charge >= 0.3 is 0 Å². The number of halogens is 2. The zero-order valence-corrected chi connectivity index (χ0v) is 13.2. The molecule has 0 aliphatic carbocycles. The van der Waals surface area contributed by atoms with Crippen LogP contribution >= 0.6 is 35.4 Å². The van der Waals surface area contributed by atoms with E-state index < -0.39 is 0 Å². The maximum absolute atomic E-state index is 6.09. The molecule has 1 heterocycles. The standard InChI is InChI=1S/C14H12Cl2N2OS/c1-7-5-12(13(14(17)20)8(2)18-7)19-11-6-9(15)3-4-10(11)16/h3-6H,1-2H3,(H2,17,20). The SMILES string of the molecule is Cc1cc(Oc2cc(Cl)ccc2Cl)c(C(N)=S)c(C)n1. The topological polar surface area (TPSA) is 48.1 Å². The number of nitrogens with two attached hydrogens (primary N) is 1. The largest absolute Gasteiger partial charge is 0.455 e. The molecule has 20 heavy (non-hydrogen) atoms. The van der Waals surface area contributed by atoms with E-state index >= 15 is 0 Å². The normalized spacial score (nSPS) is 10.4. The molecule has 0 bridgehead atoms. The molecule has 0 radical (unpaired) electrons. The highest BCUT2D eigenvalue weighted by Gasteiger charge is 2.14. The lowest BCUT2D eigenvalue weighted by molar-refractivity contribution is 0.480. The van der Waals surface area contributed by atoms with Crippen molar-refractivity contribution < 1.29 is 4.74 Å². The summed E-state index contributed by atoms with van der Waals surface area (Å²) in [6, 6.07) is 6.76. The number of thiocarbonyl (C=S) groups is 1. The van der Waals surface area contributed by atoms with Crippen molar-refractivity contribution in [2.45, 2.75) is 13.8 Å². The Morgan fingerprint density at radius 3 is 2.55 bits per heavy atom. The molecule has 0 saturated heterocycles. The fourth-order valence-corrected chi connectivity index (χ4v) is 2.41. The lowest BCUT2D eigenvalue weighted by Gasteiger charge is -2.14. The Morgan fingerprint density at radius 2 is 1.90 bits per heavy atom. The summed E-state index contributed by atoms with van der Waals surface area (Å²) in [6.45, 7) is 3.69. The molecule has 0 amide bonds. The van der Waals surface area contributed by atoms with Gasteiger partial charge in [-0.1, -0.05) is 35.4 Å². The molecule has 0 atom stereocenters. The van der Waals surface area contributed by atoms with Gasteiger partial charge in [0, 0.05) is 22.8 Å². The van der Waals surface area contributed by atoms with Gasteiger partial charge < -0.3 is 10.5 Å². The van der Waals surface area contributed by atoms with Crippen LogP contribution in [-0.4, -0.2) is 9.97 Å². The molecule has 0 saturated carbocycles. The molecule has 6 heteroatoms. The molecule has 2 aromatic rings. The van der Waals surface area contributed by atoms with Gasteiger partial charge in [-0.05, 0) is 26.0 Å². The van der Waals surface area contributed by atoms with E-state index in [4.69, 9.17) is 45.9 Å². The predicted octanol–water partition coefficient (Wildman–Crippen LogP) is 4.43. The van der Waals surface area contributed by atoms with Gasteiger partial charge in [-0.2, -0.15) is 0 Å². The molecule has 0 aliphatic heterocycles. The Bertz CT molecular complexity index is 689. The van der Waals surface area contributed by atoms with E-state index in [9.17, 15) is 0 Å². The molecule has 0 unspecified atom stereocenters. The van der Waals surface area contributed by atoms with Crippen molar-refractivity contribution in [3.63, 3.8) is 0 Å². The summed E-state index contributed by atoms with van der Waals surface area (Å²) in [5.74, 6) is 0.966. The second-order valence-electron chi connectivity index (χ2n) is 4.26. The van der Waals surface area contributed by atoms with E-state index in [0.717, 1.165) is 5.69 Å². The summed E-state index contributed by atoms with van der Waals surface area (Å²) < 4.78 is 5.82. The summed E-state index contributed by atoms with van der Waals surface area (Å²) >= 11 is 17.1. The lowest BCUT2D eigenvalue weighted by atomic mass is 10.1. The molecule has 0 aliphatic rings. The first-order chi connectivity index (χ1) is 9.38. The van der Waals surface area contributed by atoms with Crippen LogP contribution in [0.3, 0.4) is 0 Å². The minimum atomic E-state index is 0.225. The fourth-order valence-electron chi connectivity index (χ4n) is 1.85. The van der Waals surface area contributed by atoms with Crippen LogP contribution in [0.25, 0.3) is 0 Å². The van der Waals surface area contributed by atoms with Gasteiger partial charge in [0.15, 0.2) is 0 Å². The average Bonchev–Trinajstić information content (AvgIpc) is 2.32. The van der Waals surface area contributed by atoms with Crippen molar-refractivity contribution in [3.8, 4) is 11.5 Å². The zero-order chi connectivity index (χ0) is 14.9. The first-order valence-corrected chi connectivity index (χ1v) is 6.96. The third-order valence-corrected chi connectivity index (χ3v) is 3.40. The highest BCUT2D eigenvalue weighted by molar-refractivity contribution is 7.80. The molecule has 2 N–H and O–H groups in total. The molecule has 1 aromatic carbocycles. The Labute approximate surface area is 132 Å². The van der Waals surface area contributed by atoms with Crippen molar-refractivity contribution in [1.82, 2.24) is 4.98 Å². The number of benzene rings is 1. The van der Waals surface area contributed by atoms with Crippen LogP contribution in [0.15, 0.2) is 24.3 Å². The van der Waals surface area contributed by atoms with Crippen LogP contribution in [0.2, 0.25) is 10.0 Å². The number of rotatable bonds is 3. The summed E-state index contributed by atoms with van der Waals surface area (Å²) in [5.41, 5.74) is 7.85. The monoisotopic (exact) mass is 326 g/mol. The van der Waals surface area contributed by atoms with Gasteiger partial charge in [0.1, 0.15) is 16.5 Å². The van der Waals surface area contributed by atoms with Crippen molar-refractivity contribution in [1.29, 1.82) is 0 Å². The van der Waals surface area contributed by atoms with Crippen LogP contribution in [-0.2, 0) is 0 Å². The molecule has 0 fully saturated rings. The number of ether oxygens (including phenoxy) is 1. The molecule has 2 rings (SSSR count). The van der Waals surface area contributed by atoms with Crippen molar-refractivity contribution >= 4 is 40.4 Å². The van der Waals surface area contributed by atoms with Gasteiger partial charge in [0.2, 0.25) is 0 Å². The molecule has 0 spiro atoms. The van der Waals surface area contributed by atoms with Crippen LogP contribution in [0, 0.1) is 13.8 Å². The quantitative estimate of drug-likeness (QED) is 0.847. The summed E-state index contributed by atoms with van der Waals surface area (Å²) in [4.78, 5) is 4.56. The first kappa shape index (κ1) is 15.0. The maximum atomic E-state index is 6.09. The average molecular weight is 327 g/mol. The van der Waals surface area contributed by atoms with Crippen molar-refractivity contribution in [3.05, 3.63) is 51.3 Å². The van der Waals surface area contributed by atoms with Crippen LogP contribution in [0.1, 0.15) is 17.0 Å². The number of hydrogen-bond acceptors (Lipinski definition) is 3. The molecule has 1 aromatic heterocycles. The Morgan fingerprint density at radius 1 is 1.20 bits per heavy atom. The second kappa shape index (κ2) is 5.95. The molecule has 3 nitrogen and oxygen atoms in total. The van der Waals surface area contributed by atoms with E-state index in [1.165, 1.54) is 0 Å². The van der Waals surface area contributed by atoms with Crippen molar-refractivity contribution in [2.75, 3.05) is 0 Å². The highest BCUT2D eigenvalue weighted by atomic mass is 35.5. The number of nitrogens with zero attached hydrogens (tertiary/aromatic N) is 1. The fraction of sp³-hybridized carbons (Fsp3) is 0.143. The minimum absolute atomic E-state index is 0.225. The van der Waals surface area contributed by atoms with Gasteiger partial charge in [-0.15, -0.1) is 0 Å². The smallest absolute Gasteiger partial charge is 0.147 e. The highest BCUT2D eigenvalue weighted by Crippen LogP contribution is 2.34. The van der Waals surface area contributed by atoms with E-state index in [1.807, 2.05) is 13.8 Å². The predicted molar refractivity (Wildman–Crippen MR) is 86.1 cm³/mol. The summed E-state index contributed by atoms with van der Waals surface area (Å²) in [5, 5.41) is 0.985. The van der Waals surface area contributed by atoms with Gasteiger partial charge in [-0.25, -0.2) is 0 Å². The van der Waals surface area contributed by atoms with Crippen LogP contribution in [0.5, 0.6) is 11.5 Å². The second-order valence-corrected chi connectivity index (χ2v) is 5.55. The molecular formula is C14H12Cl2N2OS. The summed E-state index contributed by atoms with van der Waals surface area (Å²) in [6.07, 6.45) is 0. The molecular weight excluding hydrogens is 315 g/mol. The van der Waals surface area contributed by atoms with E-state index in [1.54, 1.807) is 24.3 Å². The van der Waals surface area contributed by atoms with E-state index in [-0.39, 0.29) is 4.99 Å². The number of aromatic nitrogens is 1. The zero-order valence-electron chi connectivity index (χ0n) is 10.9. The van der Waals surface area contributed by atoms with Gasteiger partial charge in [0.05, 0.1) is 16.3 Å². The van der Waals surface area contributed by atoms with Crippen LogP contribution in [0.4, 0.5) is 0 Å². The van der Waals surface area contributed by atoms with E-state index in [2.05, 4.69) is 4.98 Å². The first-order valence-electron chi connectivity index (χ1n) is 5.79. The number of pyridine rings is 1. The van der Waals surface area contributed by atoms with Gasteiger partial charge in [-0.3, -0.25) is 4.98 Å². The minimum Gasteiger partial charge on any atom is -0.455 e. The third kappa shape index (κ3) is 3.20. The number of aryl methyl sites for hydroxylation is 2. The Balaban J connectivity index is 2.53. The van der Waals surface area contributed by atoms with Crippen LogP contribution < -0.4 is 10.5 Å². The molecule has 104 valence electrons. The Kier molecular flexibility index (Phi) is 4.48. The maximum Gasteiger partial charge on any atom is 0.147 e. The third-order valence-electron chi connectivity index (χ3n) is 2.65. The Hall–Kier alpha value is -1.36. The number of hydrogen-bond donors (Lipinski definition) is 1. The van der Waals surface area contributed by atoms with Crippen molar-refractivity contribution in [2.24, 2.45) is 5.73 Å².